The molecule has 2 rings (SSSR count). The third kappa shape index (κ3) is 2.85. The topological polar surface area (TPSA) is 39.1 Å². The molecule has 1 N–H and O–H groups in total. The summed E-state index contributed by atoms with van der Waals surface area (Å²) < 4.78 is 7.35. The van der Waals surface area contributed by atoms with E-state index in [0.29, 0.717) is 0 Å². The van der Waals surface area contributed by atoms with Crippen LogP contribution in [0.4, 0.5) is 0 Å². The Morgan fingerprint density at radius 3 is 2.75 bits per heavy atom. The van der Waals surface area contributed by atoms with Gasteiger partial charge >= 0.3 is 0 Å². The van der Waals surface area contributed by atoms with Gasteiger partial charge in [-0.2, -0.15) is 5.10 Å². The summed E-state index contributed by atoms with van der Waals surface area (Å²) in [5.41, 5.74) is 3.60. The van der Waals surface area contributed by atoms with Crippen LogP contribution in [-0.4, -0.2) is 23.4 Å². The molecule has 0 radical (unpaired) electrons. The largest absolute Gasteiger partial charge is 0.493 e. The van der Waals surface area contributed by atoms with Crippen molar-refractivity contribution in [3.63, 3.8) is 0 Å². The van der Waals surface area contributed by atoms with Gasteiger partial charge in [0.2, 0.25) is 0 Å². The first-order chi connectivity index (χ1) is 9.69. The summed E-state index contributed by atoms with van der Waals surface area (Å²) in [6, 6.07) is 8.54. The second-order valence-electron chi connectivity index (χ2n) is 4.97. The van der Waals surface area contributed by atoms with E-state index >= 15 is 0 Å². The molecule has 2 aromatic rings. The summed E-state index contributed by atoms with van der Waals surface area (Å²) in [5.74, 6) is 0.823. The molecule has 4 nitrogen and oxygen atoms in total. The van der Waals surface area contributed by atoms with Crippen LogP contribution < -0.4 is 10.1 Å². The van der Waals surface area contributed by atoms with Crippen LogP contribution in [0.3, 0.4) is 0 Å². The molecule has 0 saturated heterocycles. The summed E-state index contributed by atoms with van der Waals surface area (Å²) in [5, 5.41) is 7.93. The summed E-state index contributed by atoms with van der Waals surface area (Å²) in [4.78, 5) is 0. The number of hydrogen-bond acceptors (Lipinski definition) is 3. The highest BCUT2D eigenvalue weighted by atomic mass is 16.5. The lowest BCUT2D eigenvalue weighted by atomic mass is 9.98. The molecule has 0 spiro atoms. The van der Waals surface area contributed by atoms with Crippen molar-refractivity contribution >= 4 is 0 Å². The van der Waals surface area contributed by atoms with E-state index in [2.05, 4.69) is 48.5 Å². The van der Waals surface area contributed by atoms with Crippen LogP contribution in [-0.2, 0) is 7.05 Å². The lowest BCUT2D eigenvalue weighted by Gasteiger charge is -2.22. The Labute approximate surface area is 120 Å². The van der Waals surface area contributed by atoms with Gasteiger partial charge in [0.1, 0.15) is 5.69 Å². The second-order valence-corrected chi connectivity index (χ2v) is 4.97. The number of rotatable bonds is 6. The smallest absolute Gasteiger partial charge is 0.161 e. The van der Waals surface area contributed by atoms with Crippen molar-refractivity contribution < 1.29 is 4.74 Å². The fourth-order valence-electron chi connectivity index (χ4n) is 2.47. The van der Waals surface area contributed by atoms with Crippen LogP contribution in [0.5, 0.6) is 5.75 Å². The molecule has 0 saturated carbocycles. The van der Waals surface area contributed by atoms with Gasteiger partial charge in [0.15, 0.2) is 5.75 Å². The van der Waals surface area contributed by atoms with Gasteiger partial charge in [-0.15, -0.1) is 0 Å². The molecule has 20 heavy (non-hydrogen) atoms. The lowest BCUT2D eigenvalue weighted by molar-refractivity contribution is 0.400. The van der Waals surface area contributed by atoms with Crippen molar-refractivity contribution in [2.45, 2.75) is 26.3 Å². The van der Waals surface area contributed by atoms with E-state index in [1.54, 1.807) is 13.3 Å². The molecule has 0 aliphatic heterocycles. The maximum atomic E-state index is 5.47. The SMILES string of the molecule is CCCNC(c1ccccc1C)c1c(OC)cnn1C. The quantitative estimate of drug-likeness (QED) is 0.879. The molecule has 1 aromatic carbocycles. The molecular formula is C16H23N3O. The number of benzene rings is 1. The lowest BCUT2D eigenvalue weighted by Crippen LogP contribution is -2.26. The van der Waals surface area contributed by atoms with E-state index in [4.69, 9.17) is 4.74 Å². The number of nitrogens with zero attached hydrogens (tertiary/aromatic N) is 2. The highest BCUT2D eigenvalue weighted by Gasteiger charge is 2.22. The van der Waals surface area contributed by atoms with Crippen LogP contribution in [0.2, 0.25) is 0 Å². The average Bonchev–Trinajstić information content (AvgIpc) is 2.82. The zero-order valence-electron chi connectivity index (χ0n) is 12.7. The fourth-order valence-corrected chi connectivity index (χ4v) is 2.47. The highest BCUT2D eigenvalue weighted by molar-refractivity contribution is 5.39. The first-order valence-electron chi connectivity index (χ1n) is 7.03. The third-order valence-corrected chi connectivity index (χ3v) is 3.54. The van der Waals surface area contributed by atoms with E-state index in [9.17, 15) is 0 Å². The third-order valence-electron chi connectivity index (χ3n) is 3.54. The number of nitrogens with one attached hydrogen (secondary N) is 1. The van der Waals surface area contributed by atoms with Crippen LogP contribution >= 0.6 is 0 Å². The van der Waals surface area contributed by atoms with Crippen molar-refractivity contribution in [3.05, 3.63) is 47.3 Å². The summed E-state index contributed by atoms with van der Waals surface area (Å²) in [6.45, 7) is 5.26. The van der Waals surface area contributed by atoms with Crippen LogP contribution in [0.25, 0.3) is 0 Å². The normalized spacial score (nSPS) is 12.4. The Hall–Kier alpha value is -1.81. The van der Waals surface area contributed by atoms with Gasteiger partial charge < -0.3 is 10.1 Å². The van der Waals surface area contributed by atoms with Gasteiger partial charge in [0, 0.05) is 7.05 Å². The second kappa shape index (κ2) is 6.57. The number of ether oxygens (including phenoxy) is 1. The zero-order chi connectivity index (χ0) is 14.5. The van der Waals surface area contributed by atoms with E-state index in [1.165, 1.54) is 11.1 Å². The standard InChI is InChI=1S/C16H23N3O/c1-5-10-17-15(13-9-7-6-8-12(13)2)16-14(20-4)11-18-19(16)3/h6-9,11,15,17H,5,10H2,1-4H3. The van der Waals surface area contributed by atoms with Crippen LogP contribution in [0.15, 0.2) is 30.5 Å². The van der Waals surface area contributed by atoms with Crippen molar-refractivity contribution in [3.8, 4) is 5.75 Å². The van der Waals surface area contributed by atoms with Crippen LogP contribution in [0, 0.1) is 6.92 Å². The summed E-state index contributed by atoms with van der Waals surface area (Å²) in [6.07, 6.45) is 2.86. The average molecular weight is 273 g/mol. The Morgan fingerprint density at radius 1 is 1.35 bits per heavy atom. The number of hydrogen-bond donors (Lipinski definition) is 1. The number of aromatic nitrogens is 2. The summed E-state index contributed by atoms with van der Waals surface area (Å²) >= 11 is 0. The van der Waals surface area contributed by atoms with Gasteiger partial charge in [-0.25, -0.2) is 0 Å². The maximum Gasteiger partial charge on any atom is 0.161 e. The molecule has 1 unspecified atom stereocenters. The maximum absolute atomic E-state index is 5.47. The van der Waals surface area contributed by atoms with E-state index in [0.717, 1.165) is 24.4 Å². The summed E-state index contributed by atoms with van der Waals surface area (Å²) in [7, 11) is 3.64. The molecule has 0 bridgehead atoms. The molecule has 4 heteroatoms. The van der Waals surface area contributed by atoms with Crippen molar-refractivity contribution in [1.29, 1.82) is 0 Å². The number of methoxy groups -OCH3 is 1. The molecular weight excluding hydrogens is 250 g/mol. The van der Waals surface area contributed by atoms with Gasteiger partial charge in [-0.3, -0.25) is 4.68 Å². The van der Waals surface area contributed by atoms with Gasteiger partial charge in [0.25, 0.3) is 0 Å². The van der Waals surface area contributed by atoms with Gasteiger partial charge in [-0.05, 0) is 31.0 Å². The molecule has 108 valence electrons. The van der Waals surface area contributed by atoms with E-state index in [-0.39, 0.29) is 6.04 Å². The van der Waals surface area contributed by atoms with Gasteiger partial charge in [-0.1, -0.05) is 31.2 Å². The minimum absolute atomic E-state index is 0.0959. The number of aryl methyl sites for hydroxylation is 2. The minimum atomic E-state index is 0.0959. The fraction of sp³-hybridized carbons (Fsp3) is 0.438. The first-order valence-corrected chi connectivity index (χ1v) is 7.03. The molecule has 0 fully saturated rings. The zero-order valence-corrected chi connectivity index (χ0v) is 12.7. The van der Waals surface area contributed by atoms with Crippen molar-refractivity contribution in [2.75, 3.05) is 13.7 Å². The Bertz CT molecular complexity index is 563. The molecule has 0 aliphatic carbocycles. The highest BCUT2D eigenvalue weighted by Crippen LogP contribution is 2.31. The molecule has 1 aromatic heterocycles. The predicted molar refractivity (Wildman–Crippen MR) is 81.1 cm³/mol. The predicted octanol–water partition coefficient (Wildman–Crippen LogP) is 2.83. The molecule has 0 aliphatic rings. The van der Waals surface area contributed by atoms with Crippen molar-refractivity contribution in [1.82, 2.24) is 15.1 Å². The first kappa shape index (κ1) is 14.6. The Kier molecular flexibility index (Phi) is 4.79. The minimum Gasteiger partial charge on any atom is -0.493 e. The molecule has 0 amide bonds. The monoisotopic (exact) mass is 273 g/mol. The van der Waals surface area contributed by atoms with Gasteiger partial charge in [0.05, 0.1) is 19.3 Å². The van der Waals surface area contributed by atoms with Crippen molar-refractivity contribution in [2.24, 2.45) is 7.05 Å². The molecule has 1 atom stereocenters. The molecule has 1 heterocycles. The Balaban J connectivity index is 2.47. The van der Waals surface area contributed by atoms with E-state index < -0.39 is 0 Å². The van der Waals surface area contributed by atoms with E-state index in [1.807, 2.05) is 11.7 Å². The Morgan fingerprint density at radius 2 is 2.10 bits per heavy atom. The van der Waals surface area contributed by atoms with Crippen LogP contribution in [0.1, 0.15) is 36.2 Å².